The first-order valence-corrected chi connectivity index (χ1v) is 10.1. The fraction of sp³-hybridized carbons (Fsp3) is 0.160. The number of halogens is 1. The number of amides is 1. The van der Waals surface area contributed by atoms with Gasteiger partial charge < -0.3 is 14.2 Å². The van der Waals surface area contributed by atoms with Gasteiger partial charge in [-0.25, -0.2) is 4.39 Å². The number of esters is 1. The van der Waals surface area contributed by atoms with Crippen LogP contribution in [-0.4, -0.2) is 35.0 Å². The summed E-state index contributed by atoms with van der Waals surface area (Å²) < 4.78 is 20.7. The molecule has 3 aromatic carbocycles. The maximum atomic E-state index is 13.8. The van der Waals surface area contributed by atoms with Crippen molar-refractivity contribution in [3.8, 4) is 0 Å². The number of para-hydroxylation sites is 2. The lowest BCUT2D eigenvalue weighted by Gasteiger charge is -2.18. The van der Waals surface area contributed by atoms with Gasteiger partial charge in [-0.1, -0.05) is 42.5 Å². The molecule has 162 valence electrons. The van der Waals surface area contributed by atoms with E-state index < -0.39 is 24.3 Å². The van der Waals surface area contributed by atoms with Crippen LogP contribution in [0.4, 0.5) is 4.39 Å². The van der Waals surface area contributed by atoms with Gasteiger partial charge in [0.1, 0.15) is 12.4 Å². The monoisotopic (exact) mass is 432 g/mol. The molecule has 32 heavy (non-hydrogen) atoms. The molecule has 0 spiro atoms. The summed E-state index contributed by atoms with van der Waals surface area (Å²) >= 11 is 0. The molecule has 0 radical (unpaired) electrons. The molecule has 0 saturated carbocycles. The fourth-order valence-electron chi connectivity index (χ4n) is 3.64. The van der Waals surface area contributed by atoms with Crippen molar-refractivity contribution in [1.29, 1.82) is 0 Å². The van der Waals surface area contributed by atoms with Crippen molar-refractivity contribution in [2.75, 3.05) is 13.7 Å². The lowest BCUT2D eigenvalue weighted by atomic mass is 10.1. The summed E-state index contributed by atoms with van der Waals surface area (Å²) in [6.45, 7) is -0.552. The molecule has 1 heterocycles. The van der Waals surface area contributed by atoms with Crippen LogP contribution < -0.4 is 5.43 Å². The van der Waals surface area contributed by atoms with E-state index in [0.717, 1.165) is 0 Å². The average Bonchev–Trinajstić information content (AvgIpc) is 2.81. The zero-order valence-electron chi connectivity index (χ0n) is 17.5. The predicted octanol–water partition coefficient (Wildman–Crippen LogP) is 3.50. The van der Waals surface area contributed by atoms with Gasteiger partial charge in [0, 0.05) is 29.9 Å². The molecule has 0 aliphatic rings. The Kier molecular flexibility index (Phi) is 5.98. The summed E-state index contributed by atoms with van der Waals surface area (Å²) in [6, 6.07) is 20.3. The van der Waals surface area contributed by atoms with Crippen molar-refractivity contribution in [2.24, 2.45) is 0 Å². The standard InChI is InChI=1S/C25H21FN2O4/c1-27(14-17-8-2-5-11-20(17)26)23(29)16-32-24(30)15-28-21-12-6-3-9-18(21)25(31)19-10-4-7-13-22(19)28/h2-13H,14-16H2,1H3. The van der Waals surface area contributed by atoms with Crippen LogP contribution in [0.25, 0.3) is 21.8 Å². The quantitative estimate of drug-likeness (QED) is 0.346. The van der Waals surface area contributed by atoms with Gasteiger partial charge in [0.2, 0.25) is 0 Å². The Balaban J connectivity index is 1.50. The number of rotatable bonds is 6. The number of ether oxygens (including phenoxy) is 1. The van der Waals surface area contributed by atoms with Crippen LogP contribution in [0.1, 0.15) is 5.56 Å². The van der Waals surface area contributed by atoms with Gasteiger partial charge >= 0.3 is 5.97 Å². The molecular weight excluding hydrogens is 411 g/mol. The molecule has 0 fully saturated rings. The van der Waals surface area contributed by atoms with Crippen LogP contribution in [0.3, 0.4) is 0 Å². The molecule has 0 aliphatic carbocycles. The number of hydrogen-bond donors (Lipinski definition) is 0. The second-order valence-electron chi connectivity index (χ2n) is 7.45. The molecule has 0 bridgehead atoms. The highest BCUT2D eigenvalue weighted by atomic mass is 19.1. The van der Waals surface area contributed by atoms with Crippen LogP contribution in [0.15, 0.2) is 77.6 Å². The second kappa shape index (κ2) is 9.01. The predicted molar refractivity (Wildman–Crippen MR) is 120 cm³/mol. The maximum Gasteiger partial charge on any atom is 0.326 e. The van der Waals surface area contributed by atoms with Crippen molar-refractivity contribution in [3.63, 3.8) is 0 Å². The van der Waals surface area contributed by atoms with Crippen molar-refractivity contribution in [3.05, 3.63) is 94.4 Å². The van der Waals surface area contributed by atoms with Gasteiger partial charge in [0.05, 0.1) is 11.0 Å². The van der Waals surface area contributed by atoms with Crippen LogP contribution in [0, 0.1) is 5.82 Å². The third-order valence-electron chi connectivity index (χ3n) is 5.31. The minimum absolute atomic E-state index is 0.0675. The normalized spacial score (nSPS) is 10.9. The van der Waals surface area contributed by atoms with Gasteiger partial charge in [-0.05, 0) is 30.3 Å². The SMILES string of the molecule is CN(Cc1ccccc1F)C(=O)COC(=O)Cn1c2ccccc2c(=O)c2ccccc21. The van der Waals surface area contributed by atoms with Crippen LogP contribution >= 0.6 is 0 Å². The Morgan fingerprint density at radius 3 is 2.09 bits per heavy atom. The number of carbonyl (C=O) groups excluding carboxylic acids is 2. The van der Waals surface area contributed by atoms with Gasteiger partial charge in [-0.2, -0.15) is 0 Å². The molecule has 6 nitrogen and oxygen atoms in total. The highest BCUT2D eigenvalue weighted by Gasteiger charge is 2.16. The fourth-order valence-corrected chi connectivity index (χ4v) is 3.64. The Bertz CT molecular complexity index is 1320. The number of aromatic nitrogens is 1. The molecule has 0 atom stereocenters. The summed E-state index contributed by atoms with van der Waals surface area (Å²) in [5.74, 6) is -1.46. The van der Waals surface area contributed by atoms with Crippen molar-refractivity contribution in [1.82, 2.24) is 9.47 Å². The summed E-state index contributed by atoms with van der Waals surface area (Å²) in [4.78, 5) is 39.0. The van der Waals surface area contributed by atoms with Crippen molar-refractivity contribution < 1.29 is 18.7 Å². The Morgan fingerprint density at radius 1 is 0.906 bits per heavy atom. The number of likely N-dealkylation sites (N-methyl/N-ethyl adjacent to an activating group) is 1. The van der Waals surface area contributed by atoms with E-state index >= 15 is 0 Å². The van der Waals surface area contributed by atoms with E-state index in [2.05, 4.69) is 0 Å². The number of benzene rings is 3. The smallest absolute Gasteiger partial charge is 0.326 e. The van der Waals surface area contributed by atoms with Gasteiger partial charge in [0.15, 0.2) is 12.0 Å². The second-order valence-corrected chi connectivity index (χ2v) is 7.45. The first-order valence-electron chi connectivity index (χ1n) is 10.1. The van der Waals surface area contributed by atoms with Gasteiger partial charge in [-0.3, -0.25) is 14.4 Å². The average molecular weight is 432 g/mol. The zero-order chi connectivity index (χ0) is 22.7. The van der Waals surface area contributed by atoms with E-state index in [4.69, 9.17) is 4.74 Å². The molecule has 1 amide bonds. The van der Waals surface area contributed by atoms with Gasteiger partial charge in [0.25, 0.3) is 5.91 Å². The number of nitrogens with zero attached hydrogens (tertiary/aromatic N) is 2. The minimum Gasteiger partial charge on any atom is -0.454 e. The molecule has 0 aliphatic heterocycles. The van der Waals surface area contributed by atoms with E-state index in [-0.39, 0.29) is 18.5 Å². The number of hydrogen-bond acceptors (Lipinski definition) is 4. The van der Waals surface area contributed by atoms with Crippen LogP contribution in [0.5, 0.6) is 0 Å². The lowest BCUT2D eigenvalue weighted by Crippen LogP contribution is -2.31. The molecular formula is C25H21FN2O4. The Morgan fingerprint density at radius 2 is 1.47 bits per heavy atom. The minimum atomic E-state index is -0.614. The van der Waals surface area contributed by atoms with E-state index in [1.165, 1.54) is 18.0 Å². The summed E-state index contributed by atoms with van der Waals surface area (Å²) in [6.07, 6.45) is 0. The molecule has 1 aromatic heterocycles. The van der Waals surface area contributed by atoms with E-state index in [1.54, 1.807) is 71.3 Å². The van der Waals surface area contributed by atoms with Crippen molar-refractivity contribution >= 4 is 33.7 Å². The summed E-state index contributed by atoms with van der Waals surface area (Å²) in [5.41, 5.74) is 1.49. The lowest BCUT2D eigenvalue weighted by molar-refractivity contribution is -0.152. The number of carbonyl (C=O) groups is 2. The zero-order valence-corrected chi connectivity index (χ0v) is 17.5. The largest absolute Gasteiger partial charge is 0.454 e. The van der Waals surface area contributed by atoms with E-state index in [9.17, 15) is 18.8 Å². The molecule has 0 N–H and O–H groups in total. The maximum absolute atomic E-state index is 13.8. The Hall–Kier alpha value is -4.00. The van der Waals surface area contributed by atoms with Crippen molar-refractivity contribution in [2.45, 2.75) is 13.1 Å². The summed E-state index contributed by atoms with van der Waals surface area (Å²) in [5, 5.41) is 0.999. The first-order chi connectivity index (χ1) is 15.5. The molecule has 0 unspecified atom stereocenters. The van der Waals surface area contributed by atoms with E-state index in [1.807, 2.05) is 0 Å². The molecule has 7 heteroatoms. The first kappa shape index (κ1) is 21.2. The third-order valence-corrected chi connectivity index (χ3v) is 5.31. The molecule has 4 rings (SSSR count). The molecule has 0 saturated heterocycles. The van der Waals surface area contributed by atoms with Crippen LogP contribution in [0.2, 0.25) is 0 Å². The number of pyridine rings is 1. The highest BCUT2D eigenvalue weighted by molar-refractivity contribution is 5.94. The third kappa shape index (κ3) is 4.23. The Labute approximate surface area is 183 Å². The van der Waals surface area contributed by atoms with E-state index in [0.29, 0.717) is 27.4 Å². The topological polar surface area (TPSA) is 68.6 Å². The number of fused-ring (bicyclic) bond motifs is 2. The van der Waals surface area contributed by atoms with Crippen LogP contribution in [-0.2, 0) is 27.4 Å². The highest BCUT2D eigenvalue weighted by Crippen LogP contribution is 2.19. The van der Waals surface area contributed by atoms with Gasteiger partial charge in [-0.15, -0.1) is 0 Å². The molecule has 4 aromatic rings. The summed E-state index contributed by atoms with van der Waals surface area (Å²) in [7, 11) is 1.52.